The summed E-state index contributed by atoms with van der Waals surface area (Å²) in [4.78, 5) is 58.8. The lowest BCUT2D eigenvalue weighted by atomic mass is 10.0. The van der Waals surface area contributed by atoms with Crippen molar-refractivity contribution in [1.29, 1.82) is 0 Å². The van der Waals surface area contributed by atoms with Gasteiger partial charge in [0.1, 0.15) is 25.4 Å². The Morgan fingerprint density at radius 1 is 0.252 bits per heavy atom. The Hall–Kier alpha value is -4.05. The average Bonchev–Trinajstić information content (AvgIpc) is 0.901. The highest BCUT2D eigenvalue weighted by Crippen LogP contribution is 2.45. The van der Waals surface area contributed by atoms with E-state index in [9.17, 15) is 43.5 Å². The largest absolute Gasteiger partial charge is 0.472 e. The second kappa shape index (κ2) is 89.2. The summed E-state index contributed by atoms with van der Waals surface area (Å²) in [6.45, 7) is 2.55. The smallest absolute Gasteiger partial charge is 0.463 e. The number of hydrogen-bond donors (Lipinski definition) is 4. The second-order valence-electron chi connectivity index (χ2n) is 31.4. The van der Waals surface area contributed by atoms with Gasteiger partial charge in [-0.3, -0.25) is 32.5 Å². The fourth-order valence-corrected chi connectivity index (χ4v) is 14.6. The van der Waals surface area contributed by atoms with E-state index in [2.05, 4.69) is 142 Å². The van der Waals surface area contributed by atoms with E-state index < -0.39 is 91.5 Å². The lowest BCUT2D eigenvalue weighted by Gasteiger charge is -2.21. The maximum Gasteiger partial charge on any atom is 0.472 e. The number of unbranched alkanes of at least 4 members (excludes halogenated alkanes) is 46. The minimum atomic E-state index is -4.93. The van der Waals surface area contributed by atoms with Crippen LogP contribution in [0.5, 0.6) is 0 Å². The molecular weight excluding hydrogens is 1480 g/mol. The number of hydrogen-bond acceptors (Lipinski definition) is 14. The third-order valence-corrected chi connectivity index (χ3v) is 22.0. The lowest BCUT2D eigenvalue weighted by Crippen LogP contribution is -2.30. The number of carbonyl (C=O) groups is 3. The average molecular weight is 1660 g/mol. The fourth-order valence-electron chi connectivity index (χ4n) is 13.0. The summed E-state index contributed by atoms with van der Waals surface area (Å²) in [7, 11) is -9.79. The van der Waals surface area contributed by atoms with Gasteiger partial charge in [0.25, 0.3) is 0 Å². The Labute approximate surface area is 703 Å². The molecule has 0 bridgehead atoms. The van der Waals surface area contributed by atoms with Crippen LogP contribution < -0.4 is 0 Å². The Morgan fingerprint density at radius 2 is 0.470 bits per heavy atom. The fraction of sp³-hybridized carbons (Fsp3) is 0.763. The van der Waals surface area contributed by atoms with Crippen LogP contribution in [0.15, 0.2) is 122 Å². The Balaban J connectivity index is 4.29. The Bertz CT molecular complexity index is 2570. The van der Waals surface area contributed by atoms with Gasteiger partial charge in [-0.1, -0.05) is 393 Å². The van der Waals surface area contributed by atoms with Crippen molar-refractivity contribution in [3.8, 4) is 0 Å². The van der Waals surface area contributed by atoms with Crippen LogP contribution in [-0.2, 0) is 55.8 Å². The number of aliphatic hydroxyl groups excluding tert-OH is 2. The van der Waals surface area contributed by atoms with Crippen molar-refractivity contribution in [2.24, 2.45) is 0 Å². The van der Waals surface area contributed by atoms with Gasteiger partial charge in [-0.05, 0) is 128 Å². The highest BCUT2D eigenvalue weighted by atomic mass is 31.2. The number of carbonyl (C=O) groups excluding carboxylic acids is 3. The van der Waals surface area contributed by atoms with Crippen molar-refractivity contribution >= 4 is 33.6 Å². The summed E-state index contributed by atoms with van der Waals surface area (Å²) in [6.07, 6.45) is 110. The SMILES string of the molecule is CC/C=C\C/C=C\C/C=C\C/C=C\C/C=C\CCCCCCCCCCCCCCCCCCCCCC(=O)OCC(O)COP(=O)(O)OCC(O)COP(=O)(O)OCC(COC(=O)CCCCCCCCCCCCCCCCCCC/C=C\C/C=C\C/C=C\C/C=C\CCCCC)OC(=O)CCCCCCC/C=C\CCCC. The molecule has 0 aliphatic rings. The maximum absolute atomic E-state index is 13.0. The minimum absolute atomic E-state index is 0.0961. The van der Waals surface area contributed by atoms with Crippen LogP contribution in [0.4, 0.5) is 0 Å². The second-order valence-corrected chi connectivity index (χ2v) is 34.3. The van der Waals surface area contributed by atoms with Gasteiger partial charge in [0, 0.05) is 19.3 Å². The molecule has 0 saturated heterocycles. The first-order valence-corrected chi connectivity index (χ1v) is 49.8. The topological polar surface area (TPSA) is 231 Å². The van der Waals surface area contributed by atoms with Crippen molar-refractivity contribution in [2.45, 2.75) is 437 Å². The van der Waals surface area contributed by atoms with Crippen molar-refractivity contribution in [3.05, 3.63) is 122 Å². The van der Waals surface area contributed by atoms with E-state index in [1.807, 2.05) is 0 Å². The predicted molar refractivity (Wildman–Crippen MR) is 482 cm³/mol. The van der Waals surface area contributed by atoms with Crippen LogP contribution >= 0.6 is 15.6 Å². The van der Waals surface area contributed by atoms with Crippen LogP contribution in [0, 0.1) is 0 Å². The zero-order valence-corrected chi connectivity index (χ0v) is 75.2. The summed E-state index contributed by atoms with van der Waals surface area (Å²) < 4.78 is 61.3. The first kappa shape index (κ1) is 111. The molecule has 0 radical (unpaired) electrons. The normalized spacial score (nSPS) is 14.3. The molecule has 0 fully saturated rings. The number of esters is 3. The number of phosphoric acid groups is 2. The van der Waals surface area contributed by atoms with E-state index in [1.54, 1.807) is 0 Å². The lowest BCUT2D eigenvalue weighted by molar-refractivity contribution is -0.161. The molecule has 0 aliphatic heterocycles. The van der Waals surface area contributed by atoms with Gasteiger partial charge in [-0.2, -0.15) is 0 Å². The summed E-state index contributed by atoms with van der Waals surface area (Å²) in [5.74, 6) is -1.57. The van der Waals surface area contributed by atoms with Crippen molar-refractivity contribution in [1.82, 2.24) is 0 Å². The van der Waals surface area contributed by atoms with Gasteiger partial charge in [-0.15, -0.1) is 0 Å². The number of aliphatic hydroxyl groups is 2. The summed E-state index contributed by atoms with van der Waals surface area (Å²) >= 11 is 0. The molecule has 0 aliphatic carbocycles. The molecule has 0 saturated carbocycles. The highest BCUT2D eigenvalue weighted by Gasteiger charge is 2.30. The predicted octanol–water partition coefficient (Wildman–Crippen LogP) is 28.8. The molecule has 5 atom stereocenters. The van der Waals surface area contributed by atoms with E-state index in [-0.39, 0.29) is 19.3 Å². The van der Waals surface area contributed by atoms with E-state index >= 15 is 0 Å². The number of allylic oxidation sites excluding steroid dienone is 20. The minimum Gasteiger partial charge on any atom is -0.463 e. The Morgan fingerprint density at radius 3 is 0.765 bits per heavy atom. The van der Waals surface area contributed by atoms with Gasteiger partial charge in [0.15, 0.2) is 6.10 Å². The molecule has 0 heterocycles. The summed E-state index contributed by atoms with van der Waals surface area (Å²) in [5.41, 5.74) is 0. The maximum atomic E-state index is 13.0. The van der Waals surface area contributed by atoms with Crippen molar-refractivity contribution < 1.29 is 75.8 Å². The molecule has 0 aromatic rings. The standard InChI is InChI=1S/C97H172O16P2/c1-4-7-10-13-16-19-22-24-26-28-30-32-34-36-38-40-42-44-45-47-49-50-52-54-56-58-60-62-64-66-69-71-74-77-80-83-95(100)107-86-92(98)87-109-114(103,104)110-88-93(99)89-111-115(105,106)112-91-94(113-97(102)85-82-79-76-73-68-21-18-15-12-9-6-3)90-108-96(101)84-81-78-75-72-70-67-65-63-61-59-57-55-53-51-48-46-43-41-39-37-35-33-31-29-27-25-23-20-17-14-11-8-5-2/h7,10,15-20,24-27,30-33,36-39,92-94,98-99H,4-6,8-9,11-14,21-23,28-29,34-35,40-91H2,1-3H3,(H,103,104)(H,105,106)/b10-7-,18-15-,19-16-,20-17-,26-24-,27-25-,32-30-,33-31-,38-36-,39-37-. The zero-order valence-electron chi connectivity index (χ0n) is 73.4. The van der Waals surface area contributed by atoms with Gasteiger partial charge in [-0.25, -0.2) is 9.13 Å². The molecule has 0 amide bonds. The highest BCUT2D eigenvalue weighted by molar-refractivity contribution is 7.47. The number of ether oxygens (including phenoxy) is 3. The van der Waals surface area contributed by atoms with E-state index in [0.717, 1.165) is 128 Å². The molecule has 115 heavy (non-hydrogen) atoms. The molecule has 18 heteroatoms. The zero-order chi connectivity index (χ0) is 83.6. The van der Waals surface area contributed by atoms with Gasteiger partial charge in [0.2, 0.25) is 0 Å². The van der Waals surface area contributed by atoms with Crippen molar-refractivity contribution in [2.75, 3.05) is 39.6 Å². The van der Waals surface area contributed by atoms with Crippen LogP contribution in [0.2, 0.25) is 0 Å². The third kappa shape index (κ3) is 90.6. The molecule has 0 spiro atoms. The molecule has 16 nitrogen and oxygen atoms in total. The van der Waals surface area contributed by atoms with Crippen LogP contribution in [0.1, 0.15) is 419 Å². The van der Waals surface area contributed by atoms with Gasteiger partial charge >= 0.3 is 33.6 Å². The number of rotatable bonds is 89. The summed E-state index contributed by atoms with van der Waals surface area (Å²) in [5, 5.41) is 20.7. The first-order chi connectivity index (χ1) is 56.2. The van der Waals surface area contributed by atoms with Gasteiger partial charge < -0.3 is 34.2 Å². The molecule has 0 aromatic heterocycles. The molecule has 0 aromatic carbocycles. The summed E-state index contributed by atoms with van der Waals surface area (Å²) in [6, 6.07) is 0. The van der Waals surface area contributed by atoms with Crippen LogP contribution in [0.3, 0.4) is 0 Å². The monoisotopic (exact) mass is 1660 g/mol. The molecule has 4 N–H and O–H groups in total. The molecule has 5 unspecified atom stereocenters. The van der Waals surface area contributed by atoms with Crippen LogP contribution in [-0.4, -0.2) is 95.9 Å². The quantitative estimate of drug-likeness (QED) is 0.0146. The van der Waals surface area contributed by atoms with E-state index in [0.29, 0.717) is 19.3 Å². The first-order valence-electron chi connectivity index (χ1n) is 46.8. The number of phosphoric ester groups is 2. The molecule has 0 rings (SSSR count). The molecular formula is C97H172O16P2. The van der Waals surface area contributed by atoms with E-state index in [4.69, 9.17) is 32.3 Å². The van der Waals surface area contributed by atoms with Crippen LogP contribution in [0.25, 0.3) is 0 Å². The van der Waals surface area contributed by atoms with Gasteiger partial charge in [0.05, 0.1) is 26.4 Å². The molecule has 666 valence electrons. The van der Waals surface area contributed by atoms with Crippen molar-refractivity contribution in [3.63, 3.8) is 0 Å². The third-order valence-electron chi connectivity index (χ3n) is 20.1. The Kier molecular flexibility index (Phi) is 86.1. The van der Waals surface area contributed by atoms with E-state index in [1.165, 1.54) is 231 Å².